The first kappa shape index (κ1) is 19.8. The summed E-state index contributed by atoms with van der Waals surface area (Å²) in [4.78, 5) is 28.2. The summed E-state index contributed by atoms with van der Waals surface area (Å²) >= 11 is 1.59. The van der Waals surface area contributed by atoms with Crippen molar-refractivity contribution in [1.29, 1.82) is 0 Å². The Morgan fingerprint density at radius 1 is 1.10 bits per heavy atom. The first-order valence-electron chi connectivity index (χ1n) is 11.7. The molecule has 4 fully saturated rings. The van der Waals surface area contributed by atoms with Crippen LogP contribution in [-0.2, 0) is 4.79 Å². The zero-order chi connectivity index (χ0) is 20.4. The molecule has 5 rings (SSSR count). The molecule has 0 unspecified atom stereocenters. The normalized spacial score (nSPS) is 44.2. The Bertz CT molecular complexity index is 804. The molecule has 1 saturated heterocycles. The van der Waals surface area contributed by atoms with Crippen LogP contribution in [0, 0.1) is 34.5 Å². The van der Waals surface area contributed by atoms with Gasteiger partial charge >= 0.3 is 0 Å². The highest BCUT2D eigenvalue weighted by atomic mass is 32.1. The predicted octanol–water partition coefficient (Wildman–Crippen LogP) is 5.80. The summed E-state index contributed by atoms with van der Waals surface area (Å²) in [6.07, 6.45) is 10.1. The van der Waals surface area contributed by atoms with E-state index in [0.717, 1.165) is 41.9 Å². The van der Waals surface area contributed by atoms with Crippen molar-refractivity contribution in [3.63, 3.8) is 0 Å². The van der Waals surface area contributed by atoms with Crippen molar-refractivity contribution in [1.82, 2.24) is 4.90 Å². The molecule has 158 valence electrons. The van der Waals surface area contributed by atoms with Gasteiger partial charge in [0, 0.05) is 25.9 Å². The zero-order valence-electron chi connectivity index (χ0n) is 18.2. The fourth-order valence-corrected chi connectivity index (χ4v) is 9.03. The monoisotopic (exact) mass is 413 g/mol. The lowest BCUT2D eigenvalue weighted by Gasteiger charge is -2.61. The maximum atomic E-state index is 12.8. The van der Waals surface area contributed by atoms with E-state index in [0.29, 0.717) is 29.1 Å². The summed E-state index contributed by atoms with van der Waals surface area (Å²) in [7, 11) is 2.04. The second-order valence-corrected chi connectivity index (χ2v) is 11.9. The predicted molar refractivity (Wildman–Crippen MR) is 117 cm³/mol. The van der Waals surface area contributed by atoms with Gasteiger partial charge in [-0.05, 0) is 90.9 Å². The van der Waals surface area contributed by atoms with E-state index in [1.807, 2.05) is 24.6 Å². The second-order valence-electron chi connectivity index (χ2n) is 10.9. The summed E-state index contributed by atoms with van der Waals surface area (Å²) in [5, 5.41) is 2.02. The summed E-state index contributed by atoms with van der Waals surface area (Å²) in [6, 6.07) is 4.42. The van der Waals surface area contributed by atoms with Gasteiger partial charge in [-0.1, -0.05) is 19.9 Å². The van der Waals surface area contributed by atoms with Crippen LogP contribution < -0.4 is 0 Å². The third-order valence-electron chi connectivity index (χ3n) is 9.98. The first-order valence-corrected chi connectivity index (χ1v) is 12.5. The Hall–Kier alpha value is -1.16. The quantitative estimate of drug-likeness (QED) is 0.587. The average Bonchev–Trinajstić information content (AvgIpc) is 3.34. The number of likely N-dealkylation sites (tertiary alicyclic amines) is 1. The van der Waals surface area contributed by atoms with Gasteiger partial charge in [-0.15, -0.1) is 11.3 Å². The number of amides is 1. The van der Waals surface area contributed by atoms with Gasteiger partial charge in [0.2, 0.25) is 5.91 Å². The maximum absolute atomic E-state index is 12.8. The molecule has 2 heterocycles. The number of carbonyl (C=O) groups is 2. The highest BCUT2D eigenvalue weighted by molar-refractivity contribution is 7.12. The number of hydrogen-bond acceptors (Lipinski definition) is 3. The molecule has 3 nitrogen and oxygen atoms in total. The lowest BCUT2D eigenvalue weighted by molar-refractivity contribution is -0.158. The van der Waals surface area contributed by atoms with E-state index in [1.165, 1.54) is 38.5 Å². The molecule has 0 spiro atoms. The highest BCUT2D eigenvalue weighted by Gasteiger charge is 2.61. The zero-order valence-corrected chi connectivity index (χ0v) is 19.0. The maximum Gasteiger partial charge on any atom is 0.222 e. The fraction of sp³-hybridized carbons (Fsp3) is 0.760. The van der Waals surface area contributed by atoms with E-state index in [1.54, 1.807) is 11.3 Å². The van der Waals surface area contributed by atoms with Crippen molar-refractivity contribution in [2.75, 3.05) is 7.05 Å². The van der Waals surface area contributed by atoms with Crippen LogP contribution in [0.25, 0.3) is 0 Å². The standard InChI is InChI=1S/C25H35NO2S/c1-24-12-10-19-17(7-9-22-25(19,2)13-11-23(28)26(22)3)18(24)8-6-16(24)15-20(27)21-5-4-14-29-21/h4-5,14,16-19,22H,6-13,15H2,1-3H3/t16-,17+,18+,19+,22-,24-,25-/m1/s1. The smallest absolute Gasteiger partial charge is 0.222 e. The van der Waals surface area contributed by atoms with Crippen molar-refractivity contribution in [2.24, 2.45) is 34.5 Å². The van der Waals surface area contributed by atoms with Crippen molar-refractivity contribution < 1.29 is 9.59 Å². The number of ketones is 1. The van der Waals surface area contributed by atoms with Crippen molar-refractivity contribution in [3.05, 3.63) is 22.4 Å². The summed E-state index contributed by atoms with van der Waals surface area (Å²) in [5.41, 5.74) is 0.617. The minimum Gasteiger partial charge on any atom is -0.342 e. The molecule has 0 radical (unpaired) electrons. The Balaban J connectivity index is 1.36. The summed E-state index contributed by atoms with van der Waals surface area (Å²) < 4.78 is 0. The van der Waals surface area contributed by atoms with Gasteiger partial charge in [-0.2, -0.15) is 0 Å². The molecule has 4 aliphatic rings. The van der Waals surface area contributed by atoms with Crippen LogP contribution in [0.4, 0.5) is 0 Å². The molecule has 4 heteroatoms. The van der Waals surface area contributed by atoms with Crippen LogP contribution in [0.15, 0.2) is 17.5 Å². The number of thiophene rings is 1. The molecule has 29 heavy (non-hydrogen) atoms. The summed E-state index contributed by atoms with van der Waals surface area (Å²) in [6.45, 7) is 5.01. The van der Waals surface area contributed by atoms with Gasteiger partial charge in [0.15, 0.2) is 5.78 Å². The number of rotatable bonds is 3. The molecular formula is C25H35NO2S. The molecule has 0 N–H and O–H groups in total. The van der Waals surface area contributed by atoms with Crippen molar-refractivity contribution in [3.8, 4) is 0 Å². The lowest BCUT2D eigenvalue weighted by Crippen LogP contribution is -2.61. The third kappa shape index (κ3) is 2.88. The molecule has 0 aromatic carbocycles. The average molecular weight is 414 g/mol. The number of Topliss-reactive ketones (excluding diaryl/α,β-unsaturated/α-hetero) is 1. The van der Waals surface area contributed by atoms with Gasteiger partial charge in [0.25, 0.3) is 0 Å². The van der Waals surface area contributed by atoms with Crippen LogP contribution in [0.5, 0.6) is 0 Å². The topological polar surface area (TPSA) is 37.4 Å². The van der Waals surface area contributed by atoms with E-state index in [-0.39, 0.29) is 5.41 Å². The largest absolute Gasteiger partial charge is 0.342 e. The van der Waals surface area contributed by atoms with E-state index in [2.05, 4.69) is 18.7 Å². The van der Waals surface area contributed by atoms with E-state index < -0.39 is 0 Å². The van der Waals surface area contributed by atoms with Gasteiger partial charge in [0.1, 0.15) is 0 Å². The van der Waals surface area contributed by atoms with Gasteiger partial charge in [0.05, 0.1) is 4.88 Å². The lowest BCUT2D eigenvalue weighted by atomic mass is 9.46. The SMILES string of the molecule is CN1C(=O)CC[C@]2(C)[C@H]3CC[C@]4(C)[C@@H](CC(=O)c5cccs5)CC[C@H]4[C@@H]3CC[C@@H]12. The highest BCUT2D eigenvalue weighted by Crippen LogP contribution is 2.66. The minimum absolute atomic E-state index is 0.289. The van der Waals surface area contributed by atoms with Gasteiger partial charge in [-0.25, -0.2) is 0 Å². The van der Waals surface area contributed by atoms with Gasteiger partial charge < -0.3 is 4.90 Å². The number of nitrogens with zero attached hydrogens (tertiary/aromatic N) is 1. The Labute approximate surface area is 179 Å². The van der Waals surface area contributed by atoms with Crippen LogP contribution in [0.1, 0.15) is 81.3 Å². The molecule has 1 aromatic rings. The van der Waals surface area contributed by atoms with Crippen molar-refractivity contribution >= 4 is 23.0 Å². The molecule has 7 atom stereocenters. The molecule has 1 amide bonds. The van der Waals surface area contributed by atoms with Crippen molar-refractivity contribution in [2.45, 2.75) is 77.7 Å². The Morgan fingerprint density at radius 3 is 2.66 bits per heavy atom. The molecule has 3 aliphatic carbocycles. The van der Waals surface area contributed by atoms with Gasteiger partial charge in [-0.3, -0.25) is 9.59 Å². The second kappa shape index (κ2) is 6.93. The molecule has 1 aromatic heterocycles. The van der Waals surface area contributed by atoms with E-state index in [9.17, 15) is 9.59 Å². The number of piperidine rings is 1. The number of carbonyl (C=O) groups excluding carboxylic acids is 2. The summed E-state index contributed by atoms with van der Waals surface area (Å²) in [5.74, 6) is 3.56. The van der Waals surface area contributed by atoms with Crippen LogP contribution in [0.2, 0.25) is 0 Å². The third-order valence-corrected chi connectivity index (χ3v) is 10.9. The van der Waals surface area contributed by atoms with Crippen LogP contribution in [-0.4, -0.2) is 29.7 Å². The Morgan fingerprint density at radius 2 is 1.90 bits per heavy atom. The van der Waals surface area contributed by atoms with E-state index >= 15 is 0 Å². The first-order chi connectivity index (χ1) is 13.8. The molecular weight excluding hydrogens is 378 g/mol. The molecule has 0 bridgehead atoms. The minimum atomic E-state index is 0.289. The van der Waals surface area contributed by atoms with E-state index in [4.69, 9.17) is 0 Å². The Kier molecular flexibility index (Phi) is 4.73. The number of hydrogen-bond donors (Lipinski definition) is 0. The number of fused-ring (bicyclic) bond motifs is 5. The molecule has 3 saturated carbocycles. The fourth-order valence-electron chi connectivity index (χ4n) is 8.36. The molecule has 1 aliphatic heterocycles. The van der Waals surface area contributed by atoms with Crippen LogP contribution in [0.3, 0.4) is 0 Å². The van der Waals surface area contributed by atoms with Crippen LogP contribution >= 0.6 is 11.3 Å².